The summed E-state index contributed by atoms with van der Waals surface area (Å²) in [6, 6.07) is 14.6. The Morgan fingerprint density at radius 1 is 0.718 bits per heavy atom. The number of ketones is 1. The van der Waals surface area contributed by atoms with Crippen molar-refractivity contribution in [2.45, 2.75) is 109 Å². The molecule has 2 aromatic carbocycles. The van der Waals surface area contributed by atoms with Crippen molar-refractivity contribution in [1.82, 2.24) is 0 Å². The summed E-state index contributed by atoms with van der Waals surface area (Å²) in [6.45, 7) is 2.34. The molecule has 0 aliphatic heterocycles. The highest BCUT2D eigenvalue weighted by molar-refractivity contribution is 5.97. The molecule has 3 aliphatic carbocycles. The van der Waals surface area contributed by atoms with Gasteiger partial charge in [0.15, 0.2) is 5.78 Å². The smallest absolute Gasteiger partial charge is 0.269 e. The van der Waals surface area contributed by atoms with Gasteiger partial charge in [0, 0.05) is 24.1 Å². The van der Waals surface area contributed by atoms with E-state index in [2.05, 4.69) is 19.1 Å². The molecular weight excluding hydrogens is 482 g/mol. The highest BCUT2D eigenvalue weighted by atomic mass is 16.6. The number of hydrogen-bond donors (Lipinski definition) is 0. The first-order chi connectivity index (χ1) is 19.0. The number of hydrogen-bond acceptors (Lipinski definition) is 3. The van der Waals surface area contributed by atoms with Crippen molar-refractivity contribution in [2.75, 3.05) is 0 Å². The van der Waals surface area contributed by atoms with E-state index in [1.54, 1.807) is 12.1 Å². The molecule has 0 bridgehead atoms. The van der Waals surface area contributed by atoms with Crippen LogP contribution in [0.2, 0.25) is 0 Å². The maximum Gasteiger partial charge on any atom is 0.269 e. The lowest BCUT2D eigenvalue weighted by Gasteiger charge is -2.41. The molecule has 0 heterocycles. The van der Waals surface area contributed by atoms with Crippen LogP contribution < -0.4 is 0 Å². The van der Waals surface area contributed by atoms with Crippen molar-refractivity contribution in [1.29, 1.82) is 0 Å². The third-order valence-corrected chi connectivity index (χ3v) is 10.7. The molecule has 3 aliphatic rings. The fourth-order valence-corrected chi connectivity index (χ4v) is 8.33. The second-order valence-corrected chi connectivity index (χ2v) is 13.0. The van der Waals surface area contributed by atoms with Gasteiger partial charge in [-0.05, 0) is 111 Å². The number of non-ortho nitro benzene ring substituents is 1. The van der Waals surface area contributed by atoms with E-state index in [-0.39, 0.29) is 17.9 Å². The minimum absolute atomic E-state index is 0.0536. The number of nitro groups is 1. The Morgan fingerprint density at radius 2 is 1.21 bits per heavy atom. The van der Waals surface area contributed by atoms with Gasteiger partial charge in [0.2, 0.25) is 0 Å². The van der Waals surface area contributed by atoms with E-state index >= 15 is 0 Å². The largest absolute Gasteiger partial charge is 0.294 e. The number of rotatable bonds is 9. The van der Waals surface area contributed by atoms with Crippen molar-refractivity contribution < 1.29 is 9.72 Å². The van der Waals surface area contributed by atoms with Crippen LogP contribution >= 0.6 is 0 Å². The molecule has 0 atom stereocenters. The fraction of sp³-hybridized carbons (Fsp3) is 0.629. The fourth-order valence-electron chi connectivity index (χ4n) is 8.33. The molecular formula is C35H47NO3. The van der Waals surface area contributed by atoms with Gasteiger partial charge in [0.25, 0.3) is 5.69 Å². The lowest BCUT2D eigenvalue weighted by Crippen LogP contribution is -2.29. The molecule has 3 saturated carbocycles. The number of nitrogens with zero attached hydrogens (tertiary/aromatic N) is 1. The summed E-state index contributed by atoms with van der Waals surface area (Å²) >= 11 is 0. The highest BCUT2D eigenvalue weighted by Gasteiger charge is 2.34. The van der Waals surface area contributed by atoms with Crippen LogP contribution in [0.4, 0.5) is 5.69 Å². The van der Waals surface area contributed by atoms with E-state index < -0.39 is 4.92 Å². The molecule has 0 aromatic heterocycles. The average molecular weight is 530 g/mol. The van der Waals surface area contributed by atoms with E-state index in [9.17, 15) is 14.9 Å². The molecule has 0 N–H and O–H groups in total. The van der Waals surface area contributed by atoms with Gasteiger partial charge in [0.1, 0.15) is 0 Å². The Kier molecular flexibility index (Phi) is 9.53. The minimum atomic E-state index is -0.414. The number of nitro benzene ring substituents is 1. The number of carbonyl (C=O) groups excluding carboxylic acids is 1. The van der Waals surface area contributed by atoms with E-state index in [0.29, 0.717) is 5.92 Å². The topological polar surface area (TPSA) is 60.2 Å². The van der Waals surface area contributed by atoms with E-state index in [1.165, 1.54) is 108 Å². The highest BCUT2D eigenvalue weighted by Crippen LogP contribution is 2.47. The first kappa shape index (κ1) is 28.1. The summed E-state index contributed by atoms with van der Waals surface area (Å²) in [6.07, 6.45) is 20.3. The molecule has 3 fully saturated rings. The maximum absolute atomic E-state index is 12.8. The van der Waals surface area contributed by atoms with Crippen molar-refractivity contribution in [3.8, 4) is 0 Å². The first-order valence-electron chi connectivity index (χ1n) is 15.9. The van der Waals surface area contributed by atoms with Crippen LogP contribution in [-0.2, 0) is 6.42 Å². The Labute approximate surface area is 235 Å². The Morgan fingerprint density at radius 3 is 1.69 bits per heavy atom. The van der Waals surface area contributed by atoms with Crippen molar-refractivity contribution >= 4 is 11.5 Å². The minimum Gasteiger partial charge on any atom is -0.294 e. The third-order valence-electron chi connectivity index (χ3n) is 10.7. The van der Waals surface area contributed by atoms with Crippen LogP contribution in [0, 0.1) is 39.7 Å². The summed E-state index contributed by atoms with van der Waals surface area (Å²) in [5, 5.41) is 10.8. The van der Waals surface area contributed by atoms with Crippen molar-refractivity contribution in [3.63, 3.8) is 0 Å². The van der Waals surface area contributed by atoms with Crippen molar-refractivity contribution in [2.24, 2.45) is 29.6 Å². The van der Waals surface area contributed by atoms with Gasteiger partial charge in [0.05, 0.1) is 4.92 Å². The first-order valence-corrected chi connectivity index (χ1v) is 15.9. The van der Waals surface area contributed by atoms with Crippen LogP contribution in [-0.4, -0.2) is 10.7 Å². The van der Waals surface area contributed by atoms with Gasteiger partial charge in [-0.3, -0.25) is 14.9 Å². The normalized spacial score (nSPS) is 29.6. The third kappa shape index (κ3) is 7.18. The zero-order valence-electron chi connectivity index (χ0n) is 23.9. The van der Waals surface area contributed by atoms with Gasteiger partial charge < -0.3 is 0 Å². The Bertz CT molecular complexity index is 1070. The summed E-state index contributed by atoms with van der Waals surface area (Å²) < 4.78 is 0. The SMILES string of the molecule is CCCC1CCC(C2CCC(C3CCC(c4ccc(C(=O)Cc5ccc([N+](=O)[O-])cc5)cc4)CC3)CC2)CC1. The van der Waals surface area contributed by atoms with E-state index in [1.807, 2.05) is 12.1 Å². The number of benzene rings is 2. The molecule has 4 nitrogen and oxygen atoms in total. The van der Waals surface area contributed by atoms with E-state index in [4.69, 9.17) is 0 Å². The molecule has 0 spiro atoms. The van der Waals surface area contributed by atoms with Crippen LogP contribution in [0.3, 0.4) is 0 Å². The lowest BCUT2D eigenvalue weighted by molar-refractivity contribution is -0.384. The molecule has 2 aromatic rings. The molecule has 4 heteroatoms. The summed E-state index contributed by atoms with van der Waals surface area (Å²) in [5.74, 6) is 5.62. The molecule has 0 unspecified atom stereocenters. The molecule has 0 saturated heterocycles. The zero-order valence-corrected chi connectivity index (χ0v) is 23.9. The van der Waals surface area contributed by atoms with Gasteiger partial charge in [-0.2, -0.15) is 0 Å². The Balaban J connectivity index is 1.05. The lowest BCUT2D eigenvalue weighted by atomic mass is 9.64. The quantitative estimate of drug-likeness (QED) is 0.184. The van der Waals surface area contributed by atoms with Gasteiger partial charge in [-0.15, -0.1) is 0 Å². The van der Waals surface area contributed by atoms with Crippen LogP contribution in [0.5, 0.6) is 0 Å². The maximum atomic E-state index is 12.8. The van der Waals surface area contributed by atoms with Gasteiger partial charge in [-0.25, -0.2) is 0 Å². The number of Topliss-reactive ketones (excluding diaryl/α,β-unsaturated/α-hetero) is 1. The Hall–Kier alpha value is -2.49. The predicted molar refractivity (Wildman–Crippen MR) is 158 cm³/mol. The predicted octanol–water partition coefficient (Wildman–Crippen LogP) is 9.71. The molecule has 0 amide bonds. The molecule has 39 heavy (non-hydrogen) atoms. The molecule has 5 rings (SSSR count). The van der Waals surface area contributed by atoms with E-state index in [0.717, 1.165) is 40.7 Å². The zero-order chi connectivity index (χ0) is 27.2. The summed E-state index contributed by atoms with van der Waals surface area (Å²) in [5.41, 5.74) is 2.96. The van der Waals surface area contributed by atoms with Gasteiger partial charge >= 0.3 is 0 Å². The molecule has 210 valence electrons. The monoisotopic (exact) mass is 529 g/mol. The van der Waals surface area contributed by atoms with Crippen molar-refractivity contribution in [3.05, 3.63) is 75.3 Å². The number of carbonyl (C=O) groups is 1. The van der Waals surface area contributed by atoms with Crippen LogP contribution in [0.25, 0.3) is 0 Å². The second kappa shape index (κ2) is 13.2. The van der Waals surface area contributed by atoms with Gasteiger partial charge in [-0.1, -0.05) is 69.0 Å². The van der Waals surface area contributed by atoms with Crippen LogP contribution in [0.15, 0.2) is 48.5 Å². The molecule has 0 radical (unpaired) electrons. The summed E-state index contributed by atoms with van der Waals surface area (Å²) in [7, 11) is 0. The average Bonchev–Trinajstić information content (AvgIpc) is 2.98. The summed E-state index contributed by atoms with van der Waals surface area (Å²) in [4.78, 5) is 23.2. The second-order valence-electron chi connectivity index (χ2n) is 13.0. The van der Waals surface area contributed by atoms with Crippen LogP contribution in [0.1, 0.15) is 124 Å². The standard InChI is InChI=1S/C35H47NO3/c1-2-3-25-4-8-27(9-5-25)28-10-12-29(13-11-28)30-14-16-31(17-15-30)32-18-20-33(21-19-32)35(37)24-26-6-22-34(23-7-26)36(38)39/h6-7,18-23,25,27-31H,2-5,8-17,24H2,1H3.